The quantitative estimate of drug-likeness (QED) is 0.694. The van der Waals surface area contributed by atoms with Crippen molar-refractivity contribution in [1.29, 1.82) is 0 Å². The molecule has 1 amide bonds. The summed E-state index contributed by atoms with van der Waals surface area (Å²) in [6.45, 7) is 8.72. The molecular formula is C15H30N2O2. The zero-order chi connectivity index (χ0) is 14.1. The summed E-state index contributed by atoms with van der Waals surface area (Å²) in [6.07, 6.45) is 5.47. The smallest absolute Gasteiger partial charge is 0.236 e. The van der Waals surface area contributed by atoms with E-state index in [1.165, 1.54) is 0 Å². The lowest BCUT2D eigenvalue weighted by Crippen LogP contribution is -2.40. The molecule has 1 atom stereocenters. The molecule has 112 valence electrons. The summed E-state index contributed by atoms with van der Waals surface area (Å²) in [6, 6.07) is 0. The zero-order valence-electron chi connectivity index (χ0n) is 12.6. The fourth-order valence-electron chi connectivity index (χ4n) is 2.56. The number of hydrogen-bond donors (Lipinski definition) is 1. The minimum absolute atomic E-state index is 0.250. The van der Waals surface area contributed by atoms with Crippen LogP contribution >= 0.6 is 0 Å². The van der Waals surface area contributed by atoms with Crippen LogP contribution < -0.4 is 0 Å². The van der Waals surface area contributed by atoms with Crippen molar-refractivity contribution in [2.45, 2.75) is 46.0 Å². The molecule has 1 fully saturated rings. The lowest BCUT2D eigenvalue weighted by atomic mass is 10.1. The van der Waals surface area contributed by atoms with E-state index in [4.69, 9.17) is 5.11 Å². The van der Waals surface area contributed by atoms with Crippen molar-refractivity contribution in [3.8, 4) is 0 Å². The molecular weight excluding hydrogens is 240 g/mol. The predicted octanol–water partition coefficient (Wildman–Crippen LogP) is 1.73. The van der Waals surface area contributed by atoms with Crippen LogP contribution in [0.2, 0.25) is 0 Å². The zero-order valence-corrected chi connectivity index (χ0v) is 12.6. The Hall–Kier alpha value is -0.610. The summed E-state index contributed by atoms with van der Waals surface area (Å²) in [4.78, 5) is 16.5. The Kier molecular flexibility index (Phi) is 8.07. The van der Waals surface area contributed by atoms with Crippen LogP contribution in [-0.2, 0) is 4.79 Å². The third-order valence-corrected chi connectivity index (χ3v) is 3.90. The number of nitrogens with zero attached hydrogens (tertiary/aromatic N) is 2. The van der Waals surface area contributed by atoms with Gasteiger partial charge >= 0.3 is 0 Å². The molecule has 0 radical (unpaired) electrons. The number of unbranched alkanes of at least 4 members (excludes halogenated alkanes) is 2. The van der Waals surface area contributed by atoms with Crippen LogP contribution in [0.3, 0.4) is 0 Å². The number of likely N-dealkylation sites (tertiary alicyclic amines) is 1. The van der Waals surface area contributed by atoms with Gasteiger partial charge in [-0.15, -0.1) is 0 Å². The first-order valence-electron chi connectivity index (χ1n) is 7.82. The molecule has 1 saturated heterocycles. The van der Waals surface area contributed by atoms with Gasteiger partial charge in [0.2, 0.25) is 5.91 Å². The molecule has 0 aromatic heterocycles. The van der Waals surface area contributed by atoms with Gasteiger partial charge in [-0.3, -0.25) is 9.69 Å². The van der Waals surface area contributed by atoms with Gasteiger partial charge in [0.25, 0.3) is 0 Å². The molecule has 1 aliphatic heterocycles. The average molecular weight is 270 g/mol. The summed E-state index contributed by atoms with van der Waals surface area (Å²) in [5.41, 5.74) is 0. The molecule has 4 heteroatoms. The van der Waals surface area contributed by atoms with Crippen LogP contribution in [-0.4, -0.2) is 60.1 Å². The van der Waals surface area contributed by atoms with Gasteiger partial charge in [0, 0.05) is 26.2 Å². The molecule has 4 nitrogen and oxygen atoms in total. The molecule has 0 aromatic carbocycles. The highest BCUT2D eigenvalue weighted by Gasteiger charge is 2.24. The van der Waals surface area contributed by atoms with Crippen molar-refractivity contribution in [3.63, 3.8) is 0 Å². The van der Waals surface area contributed by atoms with E-state index in [1.807, 2.05) is 4.90 Å². The molecule has 1 aliphatic rings. The average Bonchev–Trinajstić information content (AvgIpc) is 2.86. The van der Waals surface area contributed by atoms with Crippen LogP contribution in [0.4, 0.5) is 0 Å². The SMILES string of the molecule is CCCCN(CCCC)C(=O)CN1CCC(CO)C1. The Labute approximate surface area is 117 Å². The first kappa shape index (κ1) is 16.4. The maximum absolute atomic E-state index is 12.3. The van der Waals surface area contributed by atoms with E-state index in [0.717, 1.165) is 58.3 Å². The summed E-state index contributed by atoms with van der Waals surface area (Å²) < 4.78 is 0. The van der Waals surface area contributed by atoms with E-state index >= 15 is 0 Å². The van der Waals surface area contributed by atoms with Crippen molar-refractivity contribution in [3.05, 3.63) is 0 Å². The number of rotatable bonds is 9. The molecule has 1 N–H and O–H groups in total. The van der Waals surface area contributed by atoms with Crippen molar-refractivity contribution in [2.24, 2.45) is 5.92 Å². The standard InChI is InChI=1S/C15H30N2O2/c1-3-5-8-17(9-6-4-2)15(19)12-16-10-7-14(11-16)13-18/h14,18H,3-13H2,1-2H3. The Morgan fingerprint density at radius 1 is 1.26 bits per heavy atom. The van der Waals surface area contributed by atoms with Gasteiger partial charge in [0.05, 0.1) is 6.54 Å². The van der Waals surface area contributed by atoms with Gasteiger partial charge in [-0.2, -0.15) is 0 Å². The number of amides is 1. The van der Waals surface area contributed by atoms with Crippen molar-refractivity contribution >= 4 is 5.91 Å². The number of hydrogen-bond acceptors (Lipinski definition) is 3. The van der Waals surface area contributed by atoms with Crippen LogP contribution in [0.15, 0.2) is 0 Å². The summed E-state index contributed by atoms with van der Waals surface area (Å²) in [5, 5.41) is 9.14. The minimum Gasteiger partial charge on any atom is -0.396 e. The predicted molar refractivity (Wildman–Crippen MR) is 78.0 cm³/mol. The first-order valence-corrected chi connectivity index (χ1v) is 7.82. The maximum Gasteiger partial charge on any atom is 0.236 e. The van der Waals surface area contributed by atoms with Gasteiger partial charge < -0.3 is 10.0 Å². The highest BCUT2D eigenvalue weighted by molar-refractivity contribution is 5.78. The van der Waals surface area contributed by atoms with Gasteiger partial charge in [0.1, 0.15) is 0 Å². The summed E-state index contributed by atoms with van der Waals surface area (Å²) in [7, 11) is 0. The summed E-state index contributed by atoms with van der Waals surface area (Å²) in [5.74, 6) is 0.632. The molecule has 0 saturated carbocycles. The second-order valence-corrected chi connectivity index (χ2v) is 5.66. The molecule has 0 aliphatic carbocycles. The van der Waals surface area contributed by atoms with Gasteiger partial charge in [0.15, 0.2) is 0 Å². The van der Waals surface area contributed by atoms with Crippen molar-refractivity contribution in [1.82, 2.24) is 9.80 Å². The van der Waals surface area contributed by atoms with Crippen molar-refractivity contribution in [2.75, 3.05) is 39.3 Å². The molecule has 1 heterocycles. The van der Waals surface area contributed by atoms with E-state index in [2.05, 4.69) is 18.7 Å². The van der Waals surface area contributed by atoms with Gasteiger partial charge in [-0.1, -0.05) is 26.7 Å². The molecule has 0 aromatic rings. The molecule has 0 spiro atoms. The fraction of sp³-hybridized carbons (Fsp3) is 0.933. The number of aliphatic hydroxyl groups is 1. The van der Waals surface area contributed by atoms with Crippen LogP contribution in [0.25, 0.3) is 0 Å². The lowest BCUT2D eigenvalue weighted by Gasteiger charge is -2.25. The topological polar surface area (TPSA) is 43.8 Å². The second-order valence-electron chi connectivity index (χ2n) is 5.66. The van der Waals surface area contributed by atoms with Crippen molar-refractivity contribution < 1.29 is 9.90 Å². The van der Waals surface area contributed by atoms with E-state index in [0.29, 0.717) is 12.5 Å². The number of carbonyl (C=O) groups excluding carboxylic acids is 1. The Balaban J connectivity index is 2.37. The number of aliphatic hydroxyl groups excluding tert-OH is 1. The van der Waals surface area contributed by atoms with E-state index in [-0.39, 0.29) is 12.5 Å². The van der Waals surface area contributed by atoms with Crippen LogP contribution in [0, 0.1) is 5.92 Å². The Morgan fingerprint density at radius 3 is 2.37 bits per heavy atom. The number of carbonyl (C=O) groups is 1. The third kappa shape index (κ3) is 5.91. The third-order valence-electron chi connectivity index (χ3n) is 3.90. The van der Waals surface area contributed by atoms with E-state index < -0.39 is 0 Å². The van der Waals surface area contributed by atoms with Crippen LogP contribution in [0.5, 0.6) is 0 Å². The molecule has 1 unspecified atom stereocenters. The Bertz CT molecular complexity index is 251. The monoisotopic (exact) mass is 270 g/mol. The van der Waals surface area contributed by atoms with Gasteiger partial charge in [-0.25, -0.2) is 0 Å². The van der Waals surface area contributed by atoms with Gasteiger partial charge in [-0.05, 0) is 31.7 Å². The second kappa shape index (κ2) is 9.32. The minimum atomic E-state index is 0.250. The largest absolute Gasteiger partial charge is 0.396 e. The fourth-order valence-corrected chi connectivity index (χ4v) is 2.56. The normalized spacial score (nSPS) is 19.8. The Morgan fingerprint density at radius 2 is 1.89 bits per heavy atom. The molecule has 1 rings (SSSR count). The highest BCUT2D eigenvalue weighted by atomic mass is 16.3. The van der Waals surface area contributed by atoms with E-state index in [1.54, 1.807) is 0 Å². The lowest BCUT2D eigenvalue weighted by molar-refractivity contribution is -0.132. The summed E-state index contributed by atoms with van der Waals surface area (Å²) >= 11 is 0. The molecule has 19 heavy (non-hydrogen) atoms. The molecule has 0 bridgehead atoms. The van der Waals surface area contributed by atoms with E-state index in [9.17, 15) is 4.79 Å². The van der Waals surface area contributed by atoms with Crippen LogP contribution in [0.1, 0.15) is 46.0 Å². The highest BCUT2D eigenvalue weighted by Crippen LogP contribution is 2.15. The maximum atomic E-state index is 12.3. The first-order chi connectivity index (χ1) is 9.21.